The van der Waals surface area contributed by atoms with Crippen molar-refractivity contribution >= 4 is 17.4 Å². The van der Waals surface area contributed by atoms with Gasteiger partial charge in [0.25, 0.3) is 0 Å². The van der Waals surface area contributed by atoms with Crippen molar-refractivity contribution in [1.82, 2.24) is 9.78 Å². The number of nitrogens with zero attached hydrogens (tertiary/aromatic N) is 2. The van der Waals surface area contributed by atoms with Gasteiger partial charge in [0, 0.05) is 0 Å². The molecule has 0 saturated carbocycles. The second kappa shape index (κ2) is 3.30. The molecule has 1 aromatic heterocycles. The normalized spacial score (nSPS) is 13.3. The molecule has 15 heavy (non-hydrogen) atoms. The van der Waals surface area contributed by atoms with Crippen LogP contribution in [0.3, 0.4) is 0 Å². The zero-order valence-electron chi connectivity index (χ0n) is 8.48. The largest absolute Gasteiger partial charge is 0.436 e. The number of hydrogen-bond donors (Lipinski definition) is 1. The van der Waals surface area contributed by atoms with Gasteiger partial charge in [0.15, 0.2) is 5.69 Å². The minimum absolute atomic E-state index is 0.170. The van der Waals surface area contributed by atoms with Crippen molar-refractivity contribution in [2.45, 2.75) is 32.5 Å². The molecule has 0 atom stereocenters. The molecule has 0 bridgehead atoms. The maximum Gasteiger partial charge on any atom is 0.436 e. The molecular weight excluding hydrogens is 231 g/mol. The van der Waals surface area contributed by atoms with E-state index < -0.39 is 22.4 Å². The molecule has 0 aromatic carbocycles. The number of nitrogens with two attached hydrogens (primary N) is 1. The number of aromatic nitrogens is 2. The number of anilines is 1. The van der Waals surface area contributed by atoms with Crippen LogP contribution in [0.15, 0.2) is 0 Å². The smallest absolute Gasteiger partial charge is 0.383 e. The molecule has 0 unspecified atom stereocenters. The molecular formula is C8H11ClF3N3. The number of alkyl halides is 3. The second-order valence-electron chi connectivity index (χ2n) is 4.13. The van der Waals surface area contributed by atoms with Crippen LogP contribution in [0, 0.1) is 0 Å². The van der Waals surface area contributed by atoms with Crippen LogP contribution in [0.1, 0.15) is 26.5 Å². The Morgan fingerprint density at radius 1 is 1.27 bits per heavy atom. The van der Waals surface area contributed by atoms with Crippen molar-refractivity contribution < 1.29 is 13.2 Å². The van der Waals surface area contributed by atoms with Gasteiger partial charge in [-0.05, 0) is 20.8 Å². The van der Waals surface area contributed by atoms with E-state index in [1.807, 2.05) is 0 Å². The average molecular weight is 242 g/mol. The minimum atomic E-state index is -4.58. The lowest BCUT2D eigenvalue weighted by molar-refractivity contribution is -0.141. The average Bonchev–Trinajstić information content (AvgIpc) is 2.26. The van der Waals surface area contributed by atoms with Gasteiger partial charge in [0.1, 0.15) is 10.8 Å². The lowest BCUT2D eigenvalue weighted by atomic mass is 10.1. The topological polar surface area (TPSA) is 43.8 Å². The van der Waals surface area contributed by atoms with Crippen LogP contribution in [-0.4, -0.2) is 9.78 Å². The molecule has 3 nitrogen and oxygen atoms in total. The summed E-state index contributed by atoms with van der Waals surface area (Å²) in [6, 6.07) is 0. The van der Waals surface area contributed by atoms with Gasteiger partial charge in [0.2, 0.25) is 0 Å². The quantitative estimate of drug-likeness (QED) is 0.759. The van der Waals surface area contributed by atoms with Crippen LogP contribution in [-0.2, 0) is 11.7 Å². The summed E-state index contributed by atoms with van der Waals surface area (Å²) >= 11 is 5.48. The zero-order chi connectivity index (χ0) is 12.0. The highest BCUT2D eigenvalue weighted by Crippen LogP contribution is 2.38. The highest BCUT2D eigenvalue weighted by Gasteiger charge is 2.39. The summed E-state index contributed by atoms with van der Waals surface area (Å²) in [7, 11) is 0. The Kier molecular flexibility index (Phi) is 2.67. The van der Waals surface area contributed by atoms with E-state index in [1.165, 1.54) is 0 Å². The number of halogens is 4. The highest BCUT2D eigenvalue weighted by atomic mass is 35.5. The first-order valence-electron chi connectivity index (χ1n) is 4.17. The Bertz CT molecular complexity index is 341. The Labute approximate surface area is 90.0 Å². The molecule has 0 aliphatic carbocycles. The van der Waals surface area contributed by atoms with Crippen molar-refractivity contribution in [3.05, 3.63) is 10.7 Å². The summed E-state index contributed by atoms with van der Waals surface area (Å²) in [6.45, 7) is 5.06. The second-order valence-corrected chi connectivity index (χ2v) is 4.51. The molecule has 1 rings (SSSR count). The van der Waals surface area contributed by atoms with Gasteiger partial charge in [-0.25, -0.2) is 4.68 Å². The fourth-order valence-corrected chi connectivity index (χ4v) is 1.33. The van der Waals surface area contributed by atoms with Crippen LogP contribution in [0.4, 0.5) is 19.0 Å². The molecule has 1 aromatic rings. The predicted molar refractivity (Wildman–Crippen MR) is 51.6 cm³/mol. The summed E-state index contributed by atoms with van der Waals surface area (Å²) < 4.78 is 38.3. The zero-order valence-corrected chi connectivity index (χ0v) is 9.24. The van der Waals surface area contributed by atoms with Gasteiger partial charge in [0.05, 0.1) is 5.54 Å². The molecule has 0 radical (unpaired) electrons. The van der Waals surface area contributed by atoms with E-state index in [-0.39, 0.29) is 5.82 Å². The number of rotatable bonds is 0. The van der Waals surface area contributed by atoms with E-state index in [2.05, 4.69) is 5.10 Å². The summed E-state index contributed by atoms with van der Waals surface area (Å²) in [5, 5.41) is 2.84. The van der Waals surface area contributed by atoms with E-state index in [1.54, 1.807) is 20.8 Å². The predicted octanol–water partition coefficient (Wildman–Crippen LogP) is 2.89. The van der Waals surface area contributed by atoms with Gasteiger partial charge in [-0.2, -0.15) is 18.3 Å². The van der Waals surface area contributed by atoms with Crippen molar-refractivity contribution in [3.8, 4) is 0 Å². The molecule has 7 heteroatoms. The van der Waals surface area contributed by atoms with Crippen LogP contribution >= 0.6 is 11.6 Å². The molecule has 0 fully saturated rings. The molecule has 2 N–H and O–H groups in total. The van der Waals surface area contributed by atoms with Crippen LogP contribution in [0.25, 0.3) is 0 Å². The summed E-state index contributed by atoms with van der Waals surface area (Å²) in [6.07, 6.45) is -4.58. The van der Waals surface area contributed by atoms with Crippen molar-refractivity contribution in [1.29, 1.82) is 0 Å². The fraction of sp³-hybridized carbons (Fsp3) is 0.625. The molecule has 0 amide bonds. The van der Waals surface area contributed by atoms with E-state index in [4.69, 9.17) is 17.3 Å². The number of nitrogen functional groups attached to an aromatic ring is 1. The van der Waals surface area contributed by atoms with Gasteiger partial charge in [-0.3, -0.25) is 0 Å². The van der Waals surface area contributed by atoms with Gasteiger partial charge in [-0.1, -0.05) is 11.6 Å². The summed E-state index contributed by atoms with van der Waals surface area (Å²) in [4.78, 5) is 0. The molecule has 1 heterocycles. The summed E-state index contributed by atoms with van der Waals surface area (Å²) in [5.74, 6) is -0.170. The SMILES string of the molecule is CC(C)(C)n1nc(C(F)(F)F)c(Cl)c1N. The molecule has 0 saturated heterocycles. The molecule has 86 valence electrons. The van der Waals surface area contributed by atoms with Gasteiger partial charge < -0.3 is 5.73 Å². The lowest BCUT2D eigenvalue weighted by Gasteiger charge is -2.20. The summed E-state index contributed by atoms with van der Waals surface area (Å²) in [5.41, 5.74) is 3.67. The Morgan fingerprint density at radius 2 is 1.73 bits per heavy atom. The molecule has 0 aliphatic rings. The van der Waals surface area contributed by atoms with Gasteiger partial charge in [-0.15, -0.1) is 0 Å². The first-order valence-corrected chi connectivity index (χ1v) is 4.54. The van der Waals surface area contributed by atoms with Crippen molar-refractivity contribution in [2.75, 3.05) is 5.73 Å². The third-order valence-electron chi connectivity index (χ3n) is 1.76. The first-order chi connectivity index (χ1) is 6.55. The van der Waals surface area contributed by atoms with Crippen molar-refractivity contribution in [3.63, 3.8) is 0 Å². The minimum Gasteiger partial charge on any atom is -0.383 e. The van der Waals surface area contributed by atoms with E-state index in [0.717, 1.165) is 4.68 Å². The van der Waals surface area contributed by atoms with Gasteiger partial charge >= 0.3 is 6.18 Å². The van der Waals surface area contributed by atoms with Crippen LogP contribution in [0.2, 0.25) is 5.02 Å². The fourth-order valence-electron chi connectivity index (χ4n) is 1.10. The third-order valence-corrected chi connectivity index (χ3v) is 2.14. The Morgan fingerprint density at radius 3 is 1.93 bits per heavy atom. The van der Waals surface area contributed by atoms with Crippen molar-refractivity contribution in [2.24, 2.45) is 0 Å². The van der Waals surface area contributed by atoms with Crippen LogP contribution in [0.5, 0.6) is 0 Å². The maximum absolute atomic E-state index is 12.4. The first kappa shape index (κ1) is 12.2. The maximum atomic E-state index is 12.4. The third kappa shape index (κ3) is 2.19. The molecule has 0 aliphatic heterocycles. The Hall–Kier alpha value is -0.910. The molecule has 0 spiro atoms. The van der Waals surface area contributed by atoms with E-state index >= 15 is 0 Å². The Balaban J connectivity index is 3.38. The lowest BCUT2D eigenvalue weighted by Crippen LogP contribution is -2.25. The van der Waals surface area contributed by atoms with E-state index in [9.17, 15) is 13.2 Å². The highest BCUT2D eigenvalue weighted by molar-refractivity contribution is 6.33. The van der Waals surface area contributed by atoms with Crippen LogP contribution < -0.4 is 5.73 Å². The number of hydrogen-bond acceptors (Lipinski definition) is 2. The standard InChI is InChI=1S/C8H11ClF3N3/c1-7(2,3)15-6(13)4(9)5(14-15)8(10,11)12/h13H2,1-3H3. The monoisotopic (exact) mass is 241 g/mol. The van der Waals surface area contributed by atoms with E-state index in [0.29, 0.717) is 0 Å².